The molecule has 0 fully saturated rings. The highest BCUT2D eigenvalue weighted by atomic mass is 35.5. The summed E-state index contributed by atoms with van der Waals surface area (Å²) in [7, 11) is 0. The number of hydrogen-bond acceptors (Lipinski definition) is 7. The Bertz CT molecular complexity index is 794. The molecule has 10 heteroatoms. The van der Waals surface area contributed by atoms with Crippen LogP contribution in [0, 0.1) is 0 Å². The lowest BCUT2D eigenvalue weighted by molar-refractivity contribution is -0.000818. The Morgan fingerprint density at radius 1 is 1.04 bits per heavy atom. The van der Waals surface area contributed by atoms with Crippen molar-refractivity contribution in [2.75, 3.05) is 0 Å². The fourth-order valence-electron chi connectivity index (χ4n) is 1.89. The van der Waals surface area contributed by atoms with Crippen molar-refractivity contribution < 1.29 is 19.1 Å². The standard InChI is InChI=1S/C16H22ClN5O4/c1-15(2,3)25-13(23)21(14(24)26-16(4,5)6)9-12-19-18-11-8-7-10(17)20-22(11)12/h7-8H,9H2,1-6H3. The van der Waals surface area contributed by atoms with Gasteiger partial charge >= 0.3 is 12.2 Å². The number of hydrogen-bond donors (Lipinski definition) is 0. The van der Waals surface area contributed by atoms with Gasteiger partial charge in [0.05, 0.1) is 6.54 Å². The molecule has 0 unspecified atom stereocenters. The van der Waals surface area contributed by atoms with E-state index in [9.17, 15) is 9.59 Å². The highest BCUT2D eigenvalue weighted by molar-refractivity contribution is 6.29. The van der Waals surface area contributed by atoms with Gasteiger partial charge in [0.25, 0.3) is 0 Å². The van der Waals surface area contributed by atoms with Crippen LogP contribution < -0.4 is 0 Å². The predicted molar refractivity (Wildman–Crippen MR) is 93.8 cm³/mol. The minimum Gasteiger partial charge on any atom is -0.443 e. The summed E-state index contributed by atoms with van der Waals surface area (Å²) in [4.78, 5) is 25.8. The molecule has 0 aliphatic heterocycles. The zero-order chi connectivity index (χ0) is 19.7. The topological polar surface area (TPSA) is 98.9 Å². The number of halogens is 1. The first-order valence-electron chi connectivity index (χ1n) is 7.96. The lowest BCUT2D eigenvalue weighted by Crippen LogP contribution is -2.43. The van der Waals surface area contributed by atoms with Crippen LogP contribution in [0.2, 0.25) is 5.15 Å². The third-order valence-electron chi connectivity index (χ3n) is 2.82. The van der Waals surface area contributed by atoms with Gasteiger partial charge in [-0.1, -0.05) is 11.6 Å². The Morgan fingerprint density at radius 2 is 1.58 bits per heavy atom. The summed E-state index contributed by atoms with van der Waals surface area (Å²) in [6, 6.07) is 3.19. The van der Waals surface area contributed by atoms with Crippen molar-refractivity contribution in [3.05, 3.63) is 23.1 Å². The summed E-state index contributed by atoms with van der Waals surface area (Å²) < 4.78 is 12.0. The van der Waals surface area contributed by atoms with E-state index < -0.39 is 23.4 Å². The lowest BCUT2D eigenvalue weighted by atomic mass is 10.2. The van der Waals surface area contributed by atoms with Crippen LogP contribution >= 0.6 is 11.6 Å². The van der Waals surface area contributed by atoms with Crippen LogP contribution in [0.15, 0.2) is 12.1 Å². The van der Waals surface area contributed by atoms with Gasteiger partial charge in [0.2, 0.25) is 0 Å². The molecule has 0 bridgehead atoms. The zero-order valence-corrected chi connectivity index (χ0v) is 16.4. The minimum absolute atomic E-state index is 0.222. The molecule has 2 aromatic rings. The molecule has 0 aliphatic carbocycles. The van der Waals surface area contributed by atoms with Crippen molar-refractivity contribution in [1.29, 1.82) is 0 Å². The molecule has 0 atom stereocenters. The summed E-state index contributed by atoms with van der Waals surface area (Å²) in [6.07, 6.45) is -1.71. The molecular formula is C16H22ClN5O4. The number of fused-ring (bicyclic) bond motifs is 1. The molecule has 0 saturated heterocycles. The molecule has 2 heterocycles. The van der Waals surface area contributed by atoms with Gasteiger partial charge in [-0.2, -0.15) is 9.61 Å². The van der Waals surface area contributed by atoms with Crippen molar-refractivity contribution in [3.8, 4) is 0 Å². The molecule has 2 rings (SSSR count). The van der Waals surface area contributed by atoms with E-state index in [4.69, 9.17) is 21.1 Å². The molecule has 142 valence electrons. The predicted octanol–water partition coefficient (Wildman–Crippen LogP) is 3.45. The Morgan fingerprint density at radius 3 is 2.08 bits per heavy atom. The highest BCUT2D eigenvalue weighted by Gasteiger charge is 2.32. The Labute approximate surface area is 156 Å². The number of imide groups is 1. The second kappa shape index (κ2) is 7.06. The average Bonchev–Trinajstić information content (AvgIpc) is 2.82. The van der Waals surface area contributed by atoms with Gasteiger partial charge in [0, 0.05) is 0 Å². The SMILES string of the molecule is CC(C)(C)OC(=O)N(Cc1nnc2ccc(Cl)nn12)C(=O)OC(C)(C)C. The Kier molecular flexibility index (Phi) is 5.41. The number of carbonyl (C=O) groups is 2. The Balaban J connectivity index is 2.34. The van der Waals surface area contributed by atoms with Gasteiger partial charge < -0.3 is 9.47 Å². The van der Waals surface area contributed by atoms with Crippen LogP contribution in [0.1, 0.15) is 47.4 Å². The molecule has 0 radical (unpaired) electrons. The molecule has 0 saturated carbocycles. The quantitative estimate of drug-likeness (QED) is 0.782. The van der Waals surface area contributed by atoms with Crippen LogP contribution in [0.4, 0.5) is 9.59 Å². The van der Waals surface area contributed by atoms with Crippen LogP contribution in [0.25, 0.3) is 5.65 Å². The van der Waals surface area contributed by atoms with Gasteiger partial charge in [-0.25, -0.2) is 14.5 Å². The molecule has 0 N–H and O–H groups in total. The van der Waals surface area contributed by atoms with Gasteiger partial charge in [0.15, 0.2) is 11.5 Å². The van der Waals surface area contributed by atoms with Crippen LogP contribution in [0.3, 0.4) is 0 Å². The van der Waals surface area contributed by atoms with E-state index in [0.29, 0.717) is 5.65 Å². The van der Waals surface area contributed by atoms with E-state index >= 15 is 0 Å². The zero-order valence-electron chi connectivity index (χ0n) is 15.6. The molecule has 0 spiro atoms. The first kappa shape index (κ1) is 19.9. The summed E-state index contributed by atoms with van der Waals surface area (Å²) in [5, 5.41) is 12.2. The van der Waals surface area contributed by atoms with Crippen LogP contribution in [-0.2, 0) is 16.0 Å². The number of aromatic nitrogens is 4. The maximum Gasteiger partial charge on any atom is 0.420 e. The number of carbonyl (C=O) groups excluding carboxylic acids is 2. The molecule has 2 amide bonds. The molecular weight excluding hydrogens is 362 g/mol. The third-order valence-corrected chi connectivity index (χ3v) is 3.02. The van der Waals surface area contributed by atoms with Crippen LogP contribution in [0.5, 0.6) is 0 Å². The first-order chi connectivity index (χ1) is 11.9. The molecule has 26 heavy (non-hydrogen) atoms. The molecule has 0 aromatic carbocycles. The number of ether oxygens (including phenoxy) is 2. The van der Waals surface area contributed by atoms with Crippen molar-refractivity contribution in [3.63, 3.8) is 0 Å². The number of rotatable bonds is 2. The Hall–Kier alpha value is -2.42. The monoisotopic (exact) mass is 383 g/mol. The third kappa shape index (κ3) is 5.29. The van der Waals surface area contributed by atoms with E-state index in [2.05, 4.69) is 15.3 Å². The fraction of sp³-hybridized carbons (Fsp3) is 0.562. The van der Waals surface area contributed by atoms with Gasteiger partial charge in [-0.05, 0) is 53.7 Å². The van der Waals surface area contributed by atoms with E-state index in [1.54, 1.807) is 53.7 Å². The average molecular weight is 384 g/mol. The second-order valence-electron chi connectivity index (χ2n) is 7.59. The molecule has 9 nitrogen and oxygen atoms in total. The van der Waals surface area contributed by atoms with Gasteiger partial charge in [0.1, 0.15) is 16.4 Å². The summed E-state index contributed by atoms with van der Waals surface area (Å²) in [5.41, 5.74) is -1.14. The highest BCUT2D eigenvalue weighted by Crippen LogP contribution is 2.17. The molecule has 2 aromatic heterocycles. The summed E-state index contributed by atoms with van der Waals surface area (Å²) in [5.74, 6) is 0.235. The first-order valence-corrected chi connectivity index (χ1v) is 8.34. The summed E-state index contributed by atoms with van der Waals surface area (Å²) in [6.45, 7) is 9.96. The van der Waals surface area contributed by atoms with Gasteiger partial charge in [-0.15, -0.1) is 10.2 Å². The smallest absolute Gasteiger partial charge is 0.420 e. The van der Waals surface area contributed by atoms with Crippen molar-refractivity contribution in [2.45, 2.75) is 59.3 Å². The van der Waals surface area contributed by atoms with E-state index in [-0.39, 0.29) is 17.5 Å². The second-order valence-corrected chi connectivity index (χ2v) is 7.98. The van der Waals surface area contributed by atoms with E-state index in [0.717, 1.165) is 4.90 Å². The largest absolute Gasteiger partial charge is 0.443 e. The lowest BCUT2D eigenvalue weighted by Gasteiger charge is -2.28. The van der Waals surface area contributed by atoms with E-state index in [1.807, 2.05) is 0 Å². The van der Waals surface area contributed by atoms with Crippen molar-refractivity contribution in [1.82, 2.24) is 24.7 Å². The molecule has 0 aliphatic rings. The number of nitrogens with zero attached hydrogens (tertiary/aromatic N) is 5. The maximum atomic E-state index is 12.5. The maximum absolute atomic E-state index is 12.5. The van der Waals surface area contributed by atoms with Gasteiger partial charge in [-0.3, -0.25) is 0 Å². The fourth-order valence-corrected chi connectivity index (χ4v) is 2.03. The normalized spacial score (nSPS) is 12.1. The van der Waals surface area contributed by atoms with Crippen molar-refractivity contribution >= 4 is 29.4 Å². The number of amides is 2. The van der Waals surface area contributed by atoms with E-state index in [1.165, 1.54) is 4.52 Å². The minimum atomic E-state index is -0.856. The van der Waals surface area contributed by atoms with Crippen LogP contribution in [-0.4, -0.2) is 48.1 Å². The summed E-state index contributed by atoms with van der Waals surface area (Å²) >= 11 is 5.90. The van der Waals surface area contributed by atoms with Crippen molar-refractivity contribution in [2.24, 2.45) is 0 Å².